The zero-order valence-electron chi connectivity index (χ0n) is 20.6. The predicted molar refractivity (Wildman–Crippen MR) is 149 cm³/mol. The van der Waals surface area contributed by atoms with Crippen LogP contribution < -0.4 is 5.56 Å². The largest absolute Gasteiger partial charge is 0.308 e. The molecule has 0 fully saturated rings. The summed E-state index contributed by atoms with van der Waals surface area (Å²) < 4.78 is 1.96. The molecular formula is C32H28N4O. The third-order valence-corrected chi connectivity index (χ3v) is 7.10. The smallest absolute Gasteiger partial charge is 0.258 e. The normalized spacial score (nSPS) is 13.7. The quantitative estimate of drug-likeness (QED) is 0.309. The summed E-state index contributed by atoms with van der Waals surface area (Å²) in [7, 11) is 0. The minimum absolute atomic E-state index is 0.0534. The number of hydrogen-bond donors (Lipinski definition) is 0. The molecule has 6 rings (SSSR count). The Balaban J connectivity index is 1.35. The second-order valence-corrected chi connectivity index (χ2v) is 9.47. The number of allylic oxidation sites excluding steroid dienone is 1. The number of aromatic nitrogens is 3. The van der Waals surface area contributed by atoms with Crippen molar-refractivity contribution < 1.29 is 0 Å². The van der Waals surface area contributed by atoms with Gasteiger partial charge in [-0.25, -0.2) is 0 Å². The van der Waals surface area contributed by atoms with Crippen molar-refractivity contribution in [1.82, 2.24) is 19.4 Å². The summed E-state index contributed by atoms with van der Waals surface area (Å²) in [6.07, 6.45) is 12.3. The zero-order chi connectivity index (χ0) is 25.0. The molecule has 5 nitrogen and oxygen atoms in total. The van der Waals surface area contributed by atoms with Gasteiger partial charge in [0.05, 0.1) is 0 Å². The Morgan fingerprint density at radius 3 is 2.59 bits per heavy atom. The predicted octanol–water partition coefficient (Wildman–Crippen LogP) is 5.73. The summed E-state index contributed by atoms with van der Waals surface area (Å²) in [5.74, 6) is 0. The lowest BCUT2D eigenvalue weighted by molar-refractivity contribution is 0.241. The van der Waals surface area contributed by atoms with E-state index in [-0.39, 0.29) is 5.56 Å². The Morgan fingerprint density at radius 2 is 1.73 bits per heavy atom. The molecule has 0 amide bonds. The molecule has 0 saturated heterocycles. The minimum Gasteiger partial charge on any atom is -0.308 e. The highest BCUT2D eigenvalue weighted by atomic mass is 16.1. The zero-order valence-corrected chi connectivity index (χ0v) is 20.6. The van der Waals surface area contributed by atoms with Gasteiger partial charge in [0, 0.05) is 74.0 Å². The number of rotatable bonds is 6. The highest BCUT2D eigenvalue weighted by Crippen LogP contribution is 2.26. The van der Waals surface area contributed by atoms with Crippen molar-refractivity contribution in [3.05, 3.63) is 136 Å². The van der Waals surface area contributed by atoms with Gasteiger partial charge >= 0.3 is 0 Å². The standard InChI is InChI=1S/C32H28N4O/c37-32-30(25-11-15-33-16-12-25)20-28-23-35(22-27-10-4-9-26-21-34-17-13-29(26)27)19-14-31(28)36(32)18-5-8-24-6-2-1-3-7-24/h1-13,15-17,20-21H,14,18-19,22-23H2/b8-5+. The minimum atomic E-state index is 0.0534. The van der Waals surface area contributed by atoms with Gasteiger partial charge in [-0.2, -0.15) is 0 Å². The number of pyridine rings is 3. The van der Waals surface area contributed by atoms with Crippen molar-refractivity contribution in [3.63, 3.8) is 0 Å². The van der Waals surface area contributed by atoms with Crippen LogP contribution in [0.5, 0.6) is 0 Å². The third kappa shape index (κ3) is 4.86. The molecule has 5 aromatic rings. The topological polar surface area (TPSA) is 51.0 Å². The molecule has 0 spiro atoms. The second kappa shape index (κ2) is 10.3. The lowest BCUT2D eigenvalue weighted by Crippen LogP contribution is -2.36. The van der Waals surface area contributed by atoms with Gasteiger partial charge in [0.25, 0.3) is 5.56 Å². The highest BCUT2D eigenvalue weighted by molar-refractivity contribution is 5.84. The van der Waals surface area contributed by atoms with Crippen LogP contribution in [-0.2, 0) is 26.1 Å². The fourth-order valence-corrected chi connectivity index (χ4v) is 5.27. The Hall–Kier alpha value is -4.35. The molecule has 2 aromatic carbocycles. The van der Waals surface area contributed by atoms with Crippen LogP contribution in [0, 0.1) is 0 Å². The van der Waals surface area contributed by atoms with Crippen LogP contribution in [0.25, 0.3) is 28.0 Å². The molecule has 1 aliphatic heterocycles. The van der Waals surface area contributed by atoms with Gasteiger partial charge in [-0.1, -0.05) is 60.7 Å². The van der Waals surface area contributed by atoms with Gasteiger partial charge in [-0.15, -0.1) is 0 Å². The first-order valence-electron chi connectivity index (χ1n) is 12.7. The van der Waals surface area contributed by atoms with E-state index in [9.17, 15) is 4.79 Å². The maximum atomic E-state index is 13.7. The molecule has 182 valence electrons. The molecule has 0 saturated carbocycles. The van der Waals surface area contributed by atoms with E-state index in [0.717, 1.165) is 53.8 Å². The van der Waals surface area contributed by atoms with Crippen molar-refractivity contribution in [2.24, 2.45) is 0 Å². The molecule has 3 aromatic heterocycles. The molecule has 5 heteroatoms. The van der Waals surface area contributed by atoms with Crippen molar-refractivity contribution in [1.29, 1.82) is 0 Å². The van der Waals surface area contributed by atoms with Gasteiger partial charge in [0.15, 0.2) is 0 Å². The van der Waals surface area contributed by atoms with Gasteiger partial charge in [-0.3, -0.25) is 19.7 Å². The maximum Gasteiger partial charge on any atom is 0.258 e. The van der Waals surface area contributed by atoms with Gasteiger partial charge in [0.2, 0.25) is 0 Å². The van der Waals surface area contributed by atoms with E-state index < -0.39 is 0 Å². The summed E-state index contributed by atoms with van der Waals surface area (Å²) in [6, 6.07) is 24.7. The Morgan fingerprint density at radius 1 is 0.892 bits per heavy atom. The van der Waals surface area contributed by atoms with Gasteiger partial charge < -0.3 is 4.57 Å². The molecule has 4 heterocycles. The summed E-state index contributed by atoms with van der Waals surface area (Å²) >= 11 is 0. The number of benzene rings is 2. The van der Waals surface area contributed by atoms with E-state index >= 15 is 0 Å². The molecule has 0 bridgehead atoms. The fourth-order valence-electron chi connectivity index (χ4n) is 5.27. The average Bonchev–Trinajstić information content (AvgIpc) is 2.95. The lowest BCUT2D eigenvalue weighted by Gasteiger charge is -2.31. The van der Waals surface area contributed by atoms with Crippen LogP contribution in [0.15, 0.2) is 108 Å². The average molecular weight is 485 g/mol. The highest BCUT2D eigenvalue weighted by Gasteiger charge is 2.22. The molecular weight excluding hydrogens is 456 g/mol. The number of fused-ring (bicyclic) bond motifs is 2. The van der Waals surface area contributed by atoms with E-state index in [1.54, 1.807) is 12.4 Å². The lowest BCUT2D eigenvalue weighted by atomic mass is 9.98. The van der Waals surface area contributed by atoms with E-state index in [0.29, 0.717) is 6.54 Å². The van der Waals surface area contributed by atoms with Crippen LogP contribution in [0.4, 0.5) is 0 Å². The molecule has 0 N–H and O–H groups in total. The van der Waals surface area contributed by atoms with Crippen molar-refractivity contribution in [3.8, 4) is 11.1 Å². The molecule has 0 unspecified atom stereocenters. The van der Waals surface area contributed by atoms with E-state index in [2.05, 4.69) is 69.5 Å². The molecule has 0 radical (unpaired) electrons. The van der Waals surface area contributed by atoms with Crippen LogP contribution in [0.3, 0.4) is 0 Å². The maximum absolute atomic E-state index is 13.7. The van der Waals surface area contributed by atoms with Crippen LogP contribution in [-0.4, -0.2) is 26.0 Å². The molecule has 0 aliphatic carbocycles. The summed E-state index contributed by atoms with van der Waals surface area (Å²) in [6.45, 7) is 3.12. The number of nitrogens with zero attached hydrogens (tertiary/aromatic N) is 4. The summed E-state index contributed by atoms with van der Waals surface area (Å²) in [5.41, 5.74) is 6.47. The first-order valence-corrected chi connectivity index (χ1v) is 12.7. The van der Waals surface area contributed by atoms with Gasteiger partial charge in [-0.05, 0) is 51.9 Å². The summed E-state index contributed by atoms with van der Waals surface area (Å²) in [4.78, 5) is 24.6. The molecule has 0 atom stereocenters. The molecule has 37 heavy (non-hydrogen) atoms. The SMILES string of the molecule is O=c1c(-c2ccncc2)cc2c(n1C/C=C/c1ccccc1)CCN(Cc1cccc3cnccc13)C2. The van der Waals surface area contributed by atoms with E-state index in [4.69, 9.17) is 0 Å². The monoisotopic (exact) mass is 484 g/mol. The van der Waals surface area contributed by atoms with Crippen LogP contribution in [0.1, 0.15) is 22.4 Å². The first-order chi connectivity index (χ1) is 18.3. The van der Waals surface area contributed by atoms with Crippen molar-refractivity contribution >= 4 is 16.8 Å². The second-order valence-electron chi connectivity index (χ2n) is 9.47. The Labute approximate surface area is 216 Å². The first kappa shape index (κ1) is 23.1. The van der Waals surface area contributed by atoms with Crippen molar-refractivity contribution in [2.75, 3.05) is 6.54 Å². The Kier molecular flexibility index (Phi) is 6.44. The van der Waals surface area contributed by atoms with E-state index in [1.165, 1.54) is 16.5 Å². The fraction of sp³-hybridized carbons (Fsp3) is 0.156. The third-order valence-electron chi connectivity index (χ3n) is 7.10. The number of hydrogen-bond acceptors (Lipinski definition) is 4. The van der Waals surface area contributed by atoms with Crippen LogP contribution >= 0.6 is 0 Å². The molecule has 1 aliphatic rings. The summed E-state index contributed by atoms with van der Waals surface area (Å²) in [5, 5.41) is 2.41. The van der Waals surface area contributed by atoms with E-state index in [1.807, 2.05) is 47.3 Å². The van der Waals surface area contributed by atoms with Crippen LogP contribution in [0.2, 0.25) is 0 Å². The van der Waals surface area contributed by atoms with Crippen molar-refractivity contribution in [2.45, 2.75) is 26.1 Å². The van der Waals surface area contributed by atoms with Gasteiger partial charge in [0.1, 0.15) is 0 Å². The Bertz CT molecular complexity index is 1620.